The molecule has 1 N–H and O–H groups in total. The molecule has 4 atom stereocenters. The first-order valence-corrected chi connectivity index (χ1v) is 8.17. The van der Waals surface area contributed by atoms with E-state index in [0.717, 1.165) is 24.0 Å². The highest BCUT2D eigenvalue weighted by Crippen LogP contribution is 2.34. The predicted molar refractivity (Wildman–Crippen MR) is 84.3 cm³/mol. The maximum Gasteiger partial charge on any atom is 0.143 e. The van der Waals surface area contributed by atoms with Gasteiger partial charge in [-0.1, -0.05) is 35.0 Å². The second kappa shape index (κ2) is 6.02. The molecule has 0 radical (unpaired) electrons. The summed E-state index contributed by atoms with van der Waals surface area (Å²) in [5, 5.41) is 10.4. The largest absolute Gasteiger partial charge is 0.386 e. The van der Waals surface area contributed by atoms with E-state index in [2.05, 4.69) is 32.7 Å². The summed E-state index contributed by atoms with van der Waals surface area (Å²) in [6.07, 6.45) is -0.132. The van der Waals surface area contributed by atoms with Gasteiger partial charge in [-0.25, -0.2) is 9.37 Å². The van der Waals surface area contributed by atoms with Gasteiger partial charge in [0.15, 0.2) is 0 Å². The van der Waals surface area contributed by atoms with Crippen LogP contribution in [-0.2, 0) is 0 Å². The highest BCUT2D eigenvalue weighted by atomic mass is 79.9. The molecular formula is C15H19BrFN3O. The number of aliphatic hydroxyl groups excluding tert-OH is 1. The van der Waals surface area contributed by atoms with Gasteiger partial charge < -0.3 is 9.67 Å². The van der Waals surface area contributed by atoms with Crippen molar-refractivity contribution in [3.63, 3.8) is 0 Å². The molecule has 1 aliphatic heterocycles. The fourth-order valence-electron chi connectivity index (χ4n) is 3.07. The van der Waals surface area contributed by atoms with Gasteiger partial charge in [0.25, 0.3) is 0 Å². The van der Waals surface area contributed by atoms with Crippen molar-refractivity contribution in [1.29, 1.82) is 0 Å². The lowest BCUT2D eigenvalue weighted by Gasteiger charge is -2.43. The van der Waals surface area contributed by atoms with E-state index in [-0.39, 0.29) is 4.83 Å². The number of hydrogen-bond donors (Lipinski definition) is 1. The first-order chi connectivity index (χ1) is 10.1. The van der Waals surface area contributed by atoms with Gasteiger partial charge in [0, 0.05) is 6.54 Å². The summed E-state index contributed by atoms with van der Waals surface area (Å²) in [7, 11) is 0. The molecule has 3 rings (SSSR count). The number of hydrogen-bond acceptors (Lipinski definition) is 3. The minimum Gasteiger partial charge on any atom is -0.386 e. The molecule has 1 saturated heterocycles. The standard InChI is InChI=1S/C15H19BrFN3O/c1-2-7-19-8-10(16)13(17)14(21)15(19)20-9-18-11-5-3-4-6-12(11)20/h3-6,9-10,13-15,21H,2,7-8H2,1H3. The Morgan fingerprint density at radius 1 is 1.43 bits per heavy atom. The van der Waals surface area contributed by atoms with Crippen molar-refractivity contribution in [1.82, 2.24) is 14.5 Å². The Morgan fingerprint density at radius 2 is 2.19 bits per heavy atom. The van der Waals surface area contributed by atoms with Crippen LogP contribution >= 0.6 is 15.9 Å². The molecule has 114 valence electrons. The number of halogens is 2. The maximum absolute atomic E-state index is 14.3. The Labute approximate surface area is 131 Å². The van der Waals surface area contributed by atoms with Crippen molar-refractivity contribution in [2.45, 2.75) is 36.6 Å². The summed E-state index contributed by atoms with van der Waals surface area (Å²) in [5.41, 5.74) is 1.78. The average molecular weight is 356 g/mol. The van der Waals surface area contributed by atoms with Gasteiger partial charge in [0.1, 0.15) is 18.4 Å². The van der Waals surface area contributed by atoms with Crippen LogP contribution in [0.2, 0.25) is 0 Å². The number of imidazole rings is 1. The normalized spacial score (nSPS) is 30.9. The lowest BCUT2D eigenvalue weighted by Crippen LogP contribution is -2.55. The number of benzene rings is 1. The quantitative estimate of drug-likeness (QED) is 0.860. The smallest absolute Gasteiger partial charge is 0.143 e. The number of aromatic nitrogens is 2. The molecule has 21 heavy (non-hydrogen) atoms. The molecule has 0 amide bonds. The van der Waals surface area contributed by atoms with Gasteiger partial charge in [0.2, 0.25) is 0 Å². The Morgan fingerprint density at radius 3 is 2.95 bits per heavy atom. The number of para-hydroxylation sites is 2. The number of aliphatic hydroxyl groups is 1. The van der Waals surface area contributed by atoms with E-state index in [1.165, 1.54) is 0 Å². The molecule has 1 aromatic heterocycles. The molecule has 2 heterocycles. The Balaban J connectivity index is 2.03. The molecule has 2 aromatic rings. The first-order valence-electron chi connectivity index (χ1n) is 7.25. The van der Waals surface area contributed by atoms with E-state index in [9.17, 15) is 9.50 Å². The van der Waals surface area contributed by atoms with Gasteiger partial charge in [-0.15, -0.1) is 0 Å². The van der Waals surface area contributed by atoms with Gasteiger partial charge in [-0.2, -0.15) is 0 Å². The minimum atomic E-state index is -1.29. The summed E-state index contributed by atoms with van der Waals surface area (Å²) in [6, 6.07) is 7.73. The molecule has 1 aliphatic rings. The van der Waals surface area contributed by atoms with Crippen LogP contribution in [-0.4, -0.2) is 49.7 Å². The second-order valence-electron chi connectivity index (χ2n) is 5.50. The van der Waals surface area contributed by atoms with E-state index >= 15 is 0 Å². The lowest BCUT2D eigenvalue weighted by molar-refractivity contribution is -0.0677. The Hall–Kier alpha value is -0.980. The van der Waals surface area contributed by atoms with Crippen LogP contribution in [0.25, 0.3) is 11.0 Å². The topological polar surface area (TPSA) is 41.3 Å². The summed E-state index contributed by atoms with van der Waals surface area (Å²) >= 11 is 3.34. The van der Waals surface area contributed by atoms with E-state index in [4.69, 9.17) is 0 Å². The van der Waals surface area contributed by atoms with Crippen LogP contribution in [0.1, 0.15) is 19.5 Å². The van der Waals surface area contributed by atoms with Crippen LogP contribution in [0.5, 0.6) is 0 Å². The van der Waals surface area contributed by atoms with Crippen molar-refractivity contribution in [3.8, 4) is 0 Å². The maximum atomic E-state index is 14.3. The molecule has 0 bridgehead atoms. The van der Waals surface area contributed by atoms with Crippen molar-refractivity contribution in [2.24, 2.45) is 0 Å². The van der Waals surface area contributed by atoms with E-state index in [1.54, 1.807) is 6.33 Å². The second-order valence-corrected chi connectivity index (χ2v) is 6.68. The zero-order valence-corrected chi connectivity index (χ0v) is 13.4. The van der Waals surface area contributed by atoms with E-state index in [0.29, 0.717) is 6.54 Å². The summed E-state index contributed by atoms with van der Waals surface area (Å²) in [5.74, 6) is 0. The number of piperidine rings is 1. The SMILES string of the molecule is CCCN1CC(Br)C(F)C(O)C1n1cnc2ccccc21. The molecule has 1 fully saturated rings. The summed E-state index contributed by atoms with van der Waals surface area (Å²) in [4.78, 5) is 6.13. The average Bonchev–Trinajstić information content (AvgIpc) is 2.89. The highest BCUT2D eigenvalue weighted by molar-refractivity contribution is 9.09. The van der Waals surface area contributed by atoms with Crippen molar-refractivity contribution in [2.75, 3.05) is 13.1 Å². The first kappa shape index (κ1) is 14.9. The van der Waals surface area contributed by atoms with Crippen molar-refractivity contribution < 1.29 is 9.50 Å². The minimum absolute atomic E-state index is 0.343. The van der Waals surface area contributed by atoms with Crippen LogP contribution in [0, 0.1) is 0 Å². The molecule has 0 aliphatic carbocycles. The Bertz CT molecular complexity index is 620. The van der Waals surface area contributed by atoms with Gasteiger partial charge in [-0.3, -0.25) is 4.90 Å². The fraction of sp³-hybridized carbons (Fsp3) is 0.533. The predicted octanol–water partition coefficient (Wildman–Crippen LogP) is 2.72. The number of nitrogens with zero attached hydrogens (tertiary/aromatic N) is 3. The molecular weight excluding hydrogens is 337 g/mol. The highest BCUT2D eigenvalue weighted by Gasteiger charge is 2.43. The van der Waals surface area contributed by atoms with Crippen LogP contribution in [0.4, 0.5) is 4.39 Å². The Kier molecular flexibility index (Phi) is 4.28. The number of likely N-dealkylation sites (tertiary alicyclic amines) is 1. The number of rotatable bonds is 3. The van der Waals surface area contributed by atoms with Crippen LogP contribution in [0.15, 0.2) is 30.6 Å². The zero-order chi connectivity index (χ0) is 15.0. The third-order valence-electron chi connectivity index (χ3n) is 4.04. The van der Waals surface area contributed by atoms with Crippen LogP contribution in [0.3, 0.4) is 0 Å². The van der Waals surface area contributed by atoms with E-state index < -0.39 is 18.4 Å². The zero-order valence-electron chi connectivity index (χ0n) is 11.9. The number of fused-ring (bicyclic) bond motifs is 1. The van der Waals surface area contributed by atoms with Crippen molar-refractivity contribution >= 4 is 27.0 Å². The monoisotopic (exact) mass is 355 g/mol. The number of alkyl halides is 2. The lowest BCUT2D eigenvalue weighted by atomic mass is 10.0. The molecule has 0 spiro atoms. The summed E-state index contributed by atoms with van der Waals surface area (Å²) < 4.78 is 16.2. The van der Waals surface area contributed by atoms with Crippen molar-refractivity contribution in [3.05, 3.63) is 30.6 Å². The molecule has 1 aromatic carbocycles. The molecule has 4 unspecified atom stereocenters. The third kappa shape index (κ3) is 2.60. The van der Waals surface area contributed by atoms with E-state index in [1.807, 2.05) is 28.8 Å². The van der Waals surface area contributed by atoms with Crippen LogP contribution < -0.4 is 0 Å². The third-order valence-corrected chi connectivity index (χ3v) is 4.83. The fourth-order valence-corrected chi connectivity index (χ4v) is 3.75. The molecule has 4 nitrogen and oxygen atoms in total. The van der Waals surface area contributed by atoms with Gasteiger partial charge in [0.05, 0.1) is 22.2 Å². The molecule has 0 saturated carbocycles. The van der Waals surface area contributed by atoms with Gasteiger partial charge >= 0.3 is 0 Å². The van der Waals surface area contributed by atoms with Gasteiger partial charge in [-0.05, 0) is 25.1 Å². The molecule has 6 heteroatoms. The summed E-state index contributed by atoms with van der Waals surface area (Å²) in [6.45, 7) is 3.46.